The average Bonchev–Trinajstić information content (AvgIpc) is 3.48. The first kappa shape index (κ1) is 23.3. The highest BCUT2D eigenvalue weighted by Gasteiger charge is 2.33. The number of hydrogen-bond acceptors (Lipinski definition) is 1. The number of Topliss-reactive ketones (excluding diaryl/α,β-unsaturated/α-hetero) is 1. The summed E-state index contributed by atoms with van der Waals surface area (Å²) in [6.45, 7) is 8.84. The second kappa shape index (κ2) is 10.4. The summed E-state index contributed by atoms with van der Waals surface area (Å²) in [6.07, 6.45) is 11.9. The first-order valence-corrected chi connectivity index (χ1v) is 13.1. The van der Waals surface area contributed by atoms with Gasteiger partial charge in [-0.05, 0) is 99.3 Å². The highest BCUT2D eigenvalue weighted by molar-refractivity contribution is 5.80. The fourth-order valence-corrected chi connectivity index (χ4v) is 6.67. The van der Waals surface area contributed by atoms with Crippen LogP contribution in [0.5, 0.6) is 0 Å². The molecule has 4 rings (SSSR count). The molecular weight excluding hydrogens is 388 g/mol. The van der Waals surface area contributed by atoms with Gasteiger partial charge in [0.15, 0.2) is 0 Å². The number of carbonyl (C=O) groups excluding carboxylic acids is 1. The lowest BCUT2D eigenvalue weighted by molar-refractivity contribution is -0.120. The third-order valence-electron chi connectivity index (χ3n) is 8.50. The number of benzene rings is 2. The molecule has 0 aliphatic heterocycles. The zero-order valence-electron chi connectivity index (χ0n) is 20.8. The number of rotatable bonds is 8. The molecule has 0 saturated heterocycles. The van der Waals surface area contributed by atoms with Crippen LogP contribution in [0.4, 0.5) is 0 Å². The van der Waals surface area contributed by atoms with Gasteiger partial charge in [-0.2, -0.15) is 0 Å². The zero-order chi connectivity index (χ0) is 22.7. The van der Waals surface area contributed by atoms with Crippen molar-refractivity contribution >= 4 is 5.78 Å². The van der Waals surface area contributed by atoms with Gasteiger partial charge in [0, 0.05) is 12.8 Å². The van der Waals surface area contributed by atoms with Gasteiger partial charge in [0.1, 0.15) is 5.78 Å². The van der Waals surface area contributed by atoms with Crippen LogP contribution in [0.1, 0.15) is 109 Å². The molecule has 1 heteroatoms. The number of hydrogen-bond donors (Lipinski definition) is 0. The Morgan fingerprint density at radius 1 is 0.688 bits per heavy atom. The Morgan fingerprint density at radius 3 is 1.44 bits per heavy atom. The molecule has 0 radical (unpaired) electrons. The summed E-state index contributed by atoms with van der Waals surface area (Å²) in [7, 11) is 0. The van der Waals surface area contributed by atoms with Gasteiger partial charge in [-0.3, -0.25) is 4.79 Å². The average molecular weight is 431 g/mol. The summed E-state index contributed by atoms with van der Waals surface area (Å²) in [4.78, 5) is 13.7. The second-order valence-electron chi connectivity index (χ2n) is 11.0. The summed E-state index contributed by atoms with van der Waals surface area (Å²) < 4.78 is 0. The van der Waals surface area contributed by atoms with Crippen molar-refractivity contribution in [2.24, 2.45) is 11.8 Å². The highest BCUT2D eigenvalue weighted by Crippen LogP contribution is 2.44. The fourth-order valence-electron chi connectivity index (χ4n) is 6.67. The molecule has 0 amide bonds. The molecule has 172 valence electrons. The Hall–Kier alpha value is -1.89. The van der Waals surface area contributed by atoms with Crippen LogP contribution in [0.15, 0.2) is 36.4 Å². The number of carbonyl (C=O) groups is 1. The predicted molar refractivity (Wildman–Crippen MR) is 135 cm³/mol. The van der Waals surface area contributed by atoms with E-state index in [0.717, 1.165) is 12.8 Å². The maximum atomic E-state index is 13.7. The Balaban J connectivity index is 1.58. The molecule has 2 unspecified atom stereocenters. The zero-order valence-corrected chi connectivity index (χ0v) is 20.8. The van der Waals surface area contributed by atoms with Gasteiger partial charge < -0.3 is 0 Å². The van der Waals surface area contributed by atoms with E-state index in [9.17, 15) is 4.79 Å². The SMILES string of the molecule is Cc1ccc(C)c(C(CC(=O)CC(c2cc(C)ccc2C)C2CCCC2)C2CCCC2)c1. The molecule has 0 heterocycles. The molecular formula is C31H42O. The van der Waals surface area contributed by atoms with Gasteiger partial charge in [0.25, 0.3) is 0 Å². The lowest BCUT2D eigenvalue weighted by Gasteiger charge is -2.29. The minimum Gasteiger partial charge on any atom is -0.300 e. The molecule has 0 aromatic heterocycles. The number of aryl methyl sites for hydroxylation is 4. The normalized spacial score (nSPS) is 19.4. The molecule has 0 spiro atoms. The third-order valence-corrected chi connectivity index (χ3v) is 8.50. The van der Waals surface area contributed by atoms with Crippen molar-refractivity contribution in [1.29, 1.82) is 0 Å². The van der Waals surface area contributed by atoms with Crippen molar-refractivity contribution in [3.63, 3.8) is 0 Å². The van der Waals surface area contributed by atoms with E-state index in [4.69, 9.17) is 0 Å². The van der Waals surface area contributed by atoms with Gasteiger partial charge >= 0.3 is 0 Å². The van der Waals surface area contributed by atoms with E-state index in [1.165, 1.54) is 84.7 Å². The molecule has 2 aliphatic rings. The standard InChI is InChI=1S/C31H42O/c1-21-13-15-23(3)28(17-21)30(25-9-5-6-10-25)19-27(32)20-31(26-11-7-8-12-26)29-18-22(2)14-16-24(29)4/h13-18,25-26,30-31H,5-12,19-20H2,1-4H3. The molecule has 0 N–H and O–H groups in total. The lowest BCUT2D eigenvalue weighted by atomic mass is 9.75. The fraction of sp³-hybridized carbons (Fsp3) is 0.581. The van der Waals surface area contributed by atoms with Crippen LogP contribution in [-0.2, 0) is 4.79 Å². The van der Waals surface area contributed by atoms with Gasteiger partial charge in [0.2, 0.25) is 0 Å². The maximum Gasteiger partial charge on any atom is 0.134 e. The second-order valence-corrected chi connectivity index (χ2v) is 11.0. The van der Waals surface area contributed by atoms with E-state index in [2.05, 4.69) is 64.1 Å². The topological polar surface area (TPSA) is 17.1 Å². The largest absolute Gasteiger partial charge is 0.300 e. The Kier molecular flexibility index (Phi) is 7.54. The van der Waals surface area contributed by atoms with Crippen LogP contribution in [-0.4, -0.2) is 5.78 Å². The third kappa shape index (κ3) is 5.36. The van der Waals surface area contributed by atoms with E-state index in [1.807, 2.05) is 0 Å². The Labute approximate surface area is 196 Å². The summed E-state index contributed by atoms with van der Waals surface area (Å²) >= 11 is 0. The van der Waals surface area contributed by atoms with Crippen molar-refractivity contribution in [3.05, 3.63) is 69.8 Å². The summed E-state index contributed by atoms with van der Waals surface area (Å²) in [5.41, 5.74) is 8.24. The summed E-state index contributed by atoms with van der Waals surface area (Å²) in [5.74, 6) is 2.62. The molecule has 2 saturated carbocycles. The van der Waals surface area contributed by atoms with Gasteiger partial charge in [0.05, 0.1) is 0 Å². The van der Waals surface area contributed by atoms with Crippen LogP contribution in [0.3, 0.4) is 0 Å². The predicted octanol–water partition coefficient (Wildman–Crippen LogP) is 8.52. The summed E-state index contributed by atoms with van der Waals surface area (Å²) in [5, 5.41) is 0. The molecule has 2 aliphatic carbocycles. The van der Waals surface area contributed by atoms with Gasteiger partial charge in [-0.15, -0.1) is 0 Å². The van der Waals surface area contributed by atoms with Crippen LogP contribution in [0.2, 0.25) is 0 Å². The molecule has 1 nitrogen and oxygen atoms in total. The highest BCUT2D eigenvalue weighted by atomic mass is 16.1. The van der Waals surface area contributed by atoms with Crippen LogP contribution >= 0.6 is 0 Å². The molecule has 0 bridgehead atoms. The Bertz CT molecular complexity index is 852. The van der Waals surface area contributed by atoms with Crippen LogP contribution in [0, 0.1) is 39.5 Å². The maximum absolute atomic E-state index is 13.7. The van der Waals surface area contributed by atoms with Crippen molar-refractivity contribution in [1.82, 2.24) is 0 Å². The lowest BCUT2D eigenvalue weighted by Crippen LogP contribution is -2.20. The van der Waals surface area contributed by atoms with Crippen molar-refractivity contribution in [2.75, 3.05) is 0 Å². The van der Waals surface area contributed by atoms with Gasteiger partial charge in [-0.25, -0.2) is 0 Å². The van der Waals surface area contributed by atoms with Crippen molar-refractivity contribution in [2.45, 2.75) is 104 Å². The first-order valence-electron chi connectivity index (χ1n) is 13.1. The van der Waals surface area contributed by atoms with Crippen molar-refractivity contribution in [3.8, 4) is 0 Å². The van der Waals surface area contributed by atoms with Crippen LogP contribution < -0.4 is 0 Å². The minimum atomic E-state index is 0.396. The van der Waals surface area contributed by atoms with E-state index in [1.54, 1.807) is 0 Å². The number of ketones is 1. The van der Waals surface area contributed by atoms with Crippen molar-refractivity contribution < 1.29 is 4.79 Å². The van der Waals surface area contributed by atoms with Gasteiger partial charge in [-0.1, -0.05) is 73.2 Å². The summed E-state index contributed by atoms with van der Waals surface area (Å²) in [6, 6.07) is 13.7. The first-order chi connectivity index (χ1) is 15.4. The van der Waals surface area contributed by atoms with E-state index in [0.29, 0.717) is 29.5 Å². The van der Waals surface area contributed by atoms with E-state index >= 15 is 0 Å². The van der Waals surface area contributed by atoms with Crippen LogP contribution in [0.25, 0.3) is 0 Å². The van der Waals surface area contributed by atoms with E-state index in [-0.39, 0.29) is 0 Å². The minimum absolute atomic E-state index is 0.396. The molecule has 2 fully saturated rings. The Morgan fingerprint density at radius 2 is 1.06 bits per heavy atom. The molecule has 2 aromatic carbocycles. The molecule has 2 aromatic rings. The molecule has 32 heavy (non-hydrogen) atoms. The smallest absolute Gasteiger partial charge is 0.134 e. The quantitative estimate of drug-likeness (QED) is 0.410. The van der Waals surface area contributed by atoms with E-state index < -0.39 is 0 Å². The molecule has 2 atom stereocenters. The monoisotopic (exact) mass is 430 g/mol.